The fraction of sp³-hybridized carbons (Fsp3) is 0.409. The zero-order valence-electron chi connectivity index (χ0n) is 16.4. The summed E-state index contributed by atoms with van der Waals surface area (Å²) in [4.78, 5) is 18.3. The number of thioether (sulfide) groups is 1. The Morgan fingerprint density at radius 1 is 1.04 bits per heavy atom. The number of carbonyl (C=O) groups is 1. The van der Waals surface area contributed by atoms with Crippen LogP contribution in [0.5, 0.6) is 0 Å². The van der Waals surface area contributed by atoms with E-state index >= 15 is 0 Å². The number of hydrogen-bond acceptors (Lipinski definition) is 4. The Bertz CT molecular complexity index is 743. The first-order valence-corrected chi connectivity index (χ1v) is 11.1. The van der Waals surface area contributed by atoms with Crippen LogP contribution in [0.25, 0.3) is 0 Å². The summed E-state index contributed by atoms with van der Waals surface area (Å²) in [6, 6.07) is 15.7. The summed E-state index contributed by atoms with van der Waals surface area (Å²) in [5.41, 5.74) is 1.92. The summed E-state index contributed by atoms with van der Waals surface area (Å²) >= 11 is 7.67. The molecule has 28 heavy (non-hydrogen) atoms. The van der Waals surface area contributed by atoms with Gasteiger partial charge >= 0.3 is 0 Å². The molecule has 1 heterocycles. The molecule has 1 aliphatic rings. The summed E-state index contributed by atoms with van der Waals surface area (Å²) in [5, 5.41) is 3.79. The number of nitrogens with zero attached hydrogens (tertiary/aromatic N) is 2. The zero-order valence-corrected chi connectivity index (χ0v) is 17.9. The molecule has 1 aliphatic heterocycles. The van der Waals surface area contributed by atoms with E-state index in [0.29, 0.717) is 0 Å². The third-order valence-electron chi connectivity index (χ3n) is 4.97. The molecule has 0 aliphatic carbocycles. The molecular weight excluding hydrogens is 390 g/mol. The lowest BCUT2D eigenvalue weighted by atomic mass is 10.1. The molecule has 1 N–H and O–H groups in total. The standard InChI is InChI=1S/C22H28ClN3OS/c1-25-13-15-26(16-14-25)12-2-11-24-22(27)19-5-3-18(4-6-19)17-28-21-9-7-20(23)8-10-21/h3-10H,2,11-17H2,1H3,(H,24,27). The molecule has 0 aromatic heterocycles. The minimum atomic E-state index is 0.00952. The Kier molecular flexibility index (Phi) is 8.22. The molecule has 0 bridgehead atoms. The molecule has 1 amide bonds. The van der Waals surface area contributed by atoms with Crippen molar-refractivity contribution in [1.82, 2.24) is 15.1 Å². The second-order valence-electron chi connectivity index (χ2n) is 7.19. The molecule has 1 saturated heterocycles. The van der Waals surface area contributed by atoms with Gasteiger partial charge in [0.05, 0.1) is 0 Å². The number of likely N-dealkylation sites (N-methyl/N-ethyl adjacent to an activating group) is 1. The van der Waals surface area contributed by atoms with Crippen molar-refractivity contribution < 1.29 is 4.79 Å². The first-order valence-electron chi connectivity index (χ1n) is 9.76. The van der Waals surface area contributed by atoms with Gasteiger partial charge in [0.25, 0.3) is 5.91 Å². The average Bonchev–Trinajstić information content (AvgIpc) is 2.72. The molecule has 0 unspecified atom stereocenters. The van der Waals surface area contributed by atoms with Gasteiger partial charge in [0.1, 0.15) is 0 Å². The predicted molar refractivity (Wildman–Crippen MR) is 118 cm³/mol. The minimum Gasteiger partial charge on any atom is -0.352 e. The molecule has 0 atom stereocenters. The lowest BCUT2D eigenvalue weighted by Crippen LogP contribution is -2.45. The van der Waals surface area contributed by atoms with Crippen molar-refractivity contribution >= 4 is 29.3 Å². The molecule has 4 nitrogen and oxygen atoms in total. The summed E-state index contributed by atoms with van der Waals surface area (Å²) in [5.74, 6) is 0.879. The number of benzene rings is 2. The van der Waals surface area contributed by atoms with E-state index in [0.717, 1.165) is 62.0 Å². The van der Waals surface area contributed by atoms with E-state index in [4.69, 9.17) is 11.6 Å². The maximum Gasteiger partial charge on any atom is 0.251 e. The first kappa shape index (κ1) is 21.2. The summed E-state index contributed by atoms with van der Waals surface area (Å²) in [6.45, 7) is 6.29. The number of hydrogen-bond donors (Lipinski definition) is 1. The molecule has 150 valence electrons. The quantitative estimate of drug-likeness (QED) is 0.520. The van der Waals surface area contributed by atoms with Gasteiger partial charge in [0.2, 0.25) is 0 Å². The Morgan fingerprint density at radius 3 is 2.39 bits per heavy atom. The first-order chi connectivity index (χ1) is 13.6. The smallest absolute Gasteiger partial charge is 0.251 e. The predicted octanol–water partition coefficient (Wildman–Crippen LogP) is 4.00. The van der Waals surface area contributed by atoms with Gasteiger partial charge in [-0.15, -0.1) is 11.8 Å². The monoisotopic (exact) mass is 417 g/mol. The molecule has 6 heteroatoms. The third kappa shape index (κ3) is 6.82. The van der Waals surface area contributed by atoms with E-state index in [9.17, 15) is 4.79 Å². The molecular formula is C22H28ClN3OS. The van der Waals surface area contributed by atoms with Crippen molar-refractivity contribution in [1.29, 1.82) is 0 Å². The van der Waals surface area contributed by atoms with Crippen molar-refractivity contribution in [2.45, 2.75) is 17.1 Å². The van der Waals surface area contributed by atoms with Crippen LogP contribution < -0.4 is 5.32 Å². The Balaban J connectivity index is 1.36. The largest absolute Gasteiger partial charge is 0.352 e. The van der Waals surface area contributed by atoms with Crippen LogP contribution >= 0.6 is 23.4 Å². The number of nitrogens with one attached hydrogen (secondary N) is 1. The van der Waals surface area contributed by atoms with E-state index in [2.05, 4.69) is 22.2 Å². The van der Waals surface area contributed by atoms with Crippen molar-refractivity contribution in [2.24, 2.45) is 0 Å². The van der Waals surface area contributed by atoms with Gasteiger partial charge in [-0.3, -0.25) is 4.79 Å². The number of amides is 1. The van der Waals surface area contributed by atoms with Crippen LogP contribution in [-0.4, -0.2) is 62.0 Å². The highest BCUT2D eigenvalue weighted by Crippen LogP contribution is 2.24. The van der Waals surface area contributed by atoms with Gasteiger partial charge < -0.3 is 15.1 Å². The minimum absolute atomic E-state index is 0.00952. The Morgan fingerprint density at radius 2 is 1.71 bits per heavy atom. The molecule has 0 spiro atoms. The van der Waals surface area contributed by atoms with E-state index < -0.39 is 0 Å². The van der Waals surface area contributed by atoms with Crippen molar-refractivity contribution in [3.63, 3.8) is 0 Å². The summed E-state index contributed by atoms with van der Waals surface area (Å²) in [6.07, 6.45) is 0.991. The highest BCUT2D eigenvalue weighted by atomic mass is 35.5. The van der Waals surface area contributed by atoms with Gasteiger partial charge in [-0.05, 0) is 62.0 Å². The highest BCUT2D eigenvalue weighted by Gasteiger charge is 2.13. The average molecular weight is 418 g/mol. The molecule has 1 fully saturated rings. The van der Waals surface area contributed by atoms with E-state index in [1.807, 2.05) is 48.5 Å². The Hall–Kier alpha value is -1.53. The van der Waals surface area contributed by atoms with Gasteiger partial charge in [0, 0.05) is 54.0 Å². The SMILES string of the molecule is CN1CCN(CCCNC(=O)c2ccc(CSc3ccc(Cl)cc3)cc2)CC1. The molecule has 0 saturated carbocycles. The molecule has 0 radical (unpaired) electrons. The summed E-state index contributed by atoms with van der Waals surface area (Å²) < 4.78 is 0. The number of carbonyl (C=O) groups excluding carboxylic acids is 1. The lowest BCUT2D eigenvalue weighted by Gasteiger charge is -2.32. The van der Waals surface area contributed by atoms with E-state index in [1.165, 1.54) is 10.5 Å². The molecule has 3 rings (SSSR count). The van der Waals surface area contributed by atoms with Crippen LogP contribution in [0.1, 0.15) is 22.3 Å². The van der Waals surface area contributed by atoms with Crippen molar-refractivity contribution in [2.75, 3.05) is 46.3 Å². The van der Waals surface area contributed by atoms with Crippen LogP contribution in [0.3, 0.4) is 0 Å². The van der Waals surface area contributed by atoms with E-state index in [1.54, 1.807) is 11.8 Å². The fourth-order valence-electron chi connectivity index (χ4n) is 3.13. The molecule has 2 aromatic carbocycles. The van der Waals surface area contributed by atoms with Crippen LogP contribution in [-0.2, 0) is 5.75 Å². The van der Waals surface area contributed by atoms with Crippen LogP contribution in [0.4, 0.5) is 0 Å². The second kappa shape index (κ2) is 10.9. The Labute approximate surface area is 177 Å². The van der Waals surface area contributed by atoms with Crippen molar-refractivity contribution in [3.8, 4) is 0 Å². The van der Waals surface area contributed by atoms with Gasteiger partial charge in [-0.2, -0.15) is 0 Å². The maximum atomic E-state index is 12.3. The van der Waals surface area contributed by atoms with E-state index in [-0.39, 0.29) is 5.91 Å². The van der Waals surface area contributed by atoms with Gasteiger partial charge in [0.15, 0.2) is 0 Å². The van der Waals surface area contributed by atoms with Gasteiger partial charge in [-0.1, -0.05) is 23.7 Å². The normalized spacial score (nSPS) is 15.5. The summed E-state index contributed by atoms with van der Waals surface area (Å²) in [7, 11) is 2.17. The van der Waals surface area contributed by atoms with Gasteiger partial charge in [-0.25, -0.2) is 0 Å². The van der Waals surface area contributed by atoms with Crippen molar-refractivity contribution in [3.05, 3.63) is 64.7 Å². The molecule has 2 aromatic rings. The number of piperazine rings is 1. The zero-order chi connectivity index (χ0) is 19.8. The maximum absolute atomic E-state index is 12.3. The van der Waals surface area contributed by atoms with Crippen LogP contribution in [0.15, 0.2) is 53.4 Å². The highest BCUT2D eigenvalue weighted by molar-refractivity contribution is 7.98. The van der Waals surface area contributed by atoms with Crippen LogP contribution in [0.2, 0.25) is 5.02 Å². The topological polar surface area (TPSA) is 35.6 Å². The fourth-order valence-corrected chi connectivity index (χ4v) is 4.11. The number of rotatable bonds is 8. The van der Waals surface area contributed by atoms with Crippen LogP contribution in [0, 0.1) is 0 Å². The second-order valence-corrected chi connectivity index (χ2v) is 8.68. The third-order valence-corrected chi connectivity index (χ3v) is 6.30. The number of halogens is 1. The lowest BCUT2D eigenvalue weighted by molar-refractivity contribution is 0.0949.